The van der Waals surface area contributed by atoms with Gasteiger partial charge in [0.25, 0.3) is 0 Å². The van der Waals surface area contributed by atoms with E-state index in [0.717, 1.165) is 55.4 Å². The maximum atomic E-state index is 12.6. The van der Waals surface area contributed by atoms with Gasteiger partial charge < -0.3 is 4.90 Å². The number of anilines is 1. The van der Waals surface area contributed by atoms with Gasteiger partial charge in [-0.25, -0.2) is 9.97 Å². The smallest absolute Gasteiger partial charge is 0.354 e. The Labute approximate surface area is 138 Å². The van der Waals surface area contributed by atoms with Gasteiger partial charge >= 0.3 is 6.18 Å². The van der Waals surface area contributed by atoms with Gasteiger partial charge in [-0.1, -0.05) is 12.1 Å². The molecule has 128 valence electrons. The Kier molecular flexibility index (Phi) is 4.71. The van der Waals surface area contributed by atoms with E-state index >= 15 is 0 Å². The van der Waals surface area contributed by atoms with Crippen LogP contribution >= 0.6 is 0 Å². The average Bonchev–Trinajstić information content (AvgIpc) is 2.55. The van der Waals surface area contributed by atoms with Crippen LogP contribution in [0.25, 0.3) is 0 Å². The van der Waals surface area contributed by atoms with Crippen molar-refractivity contribution in [1.29, 1.82) is 0 Å². The molecule has 0 N–H and O–H groups in total. The van der Waals surface area contributed by atoms with Crippen LogP contribution in [-0.2, 0) is 12.7 Å². The number of aryl methyl sites for hydroxylation is 1. The lowest BCUT2D eigenvalue weighted by Crippen LogP contribution is -2.46. The largest absolute Gasteiger partial charge is 0.416 e. The second kappa shape index (κ2) is 6.76. The summed E-state index contributed by atoms with van der Waals surface area (Å²) in [4.78, 5) is 12.8. The van der Waals surface area contributed by atoms with Crippen LogP contribution in [0.15, 0.2) is 36.7 Å². The van der Waals surface area contributed by atoms with E-state index in [4.69, 9.17) is 0 Å². The Balaban J connectivity index is 1.55. The molecule has 2 heterocycles. The predicted molar refractivity (Wildman–Crippen MR) is 85.7 cm³/mol. The van der Waals surface area contributed by atoms with Gasteiger partial charge in [0, 0.05) is 44.5 Å². The third-order valence-corrected chi connectivity index (χ3v) is 4.17. The van der Waals surface area contributed by atoms with Crippen molar-refractivity contribution in [3.63, 3.8) is 0 Å². The first kappa shape index (κ1) is 16.7. The molecular weight excluding hydrogens is 317 g/mol. The van der Waals surface area contributed by atoms with Crippen molar-refractivity contribution in [2.75, 3.05) is 31.1 Å². The van der Waals surface area contributed by atoms with Gasteiger partial charge in [-0.2, -0.15) is 13.2 Å². The molecule has 0 radical (unpaired) electrons. The van der Waals surface area contributed by atoms with Gasteiger partial charge in [0.1, 0.15) is 12.1 Å². The van der Waals surface area contributed by atoms with Crippen LogP contribution in [0.5, 0.6) is 0 Å². The SMILES string of the molecule is Cc1cc(N2CCN(Cc3ccc(C(F)(F)F)cc3)CC2)ncn1. The molecular formula is C17H19F3N4. The Morgan fingerprint density at radius 2 is 1.67 bits per heavy atom. The molecule has 1 aliphatic rings. The minimum Gasteiger partial charge on any atom is -0.354 e. The number of hydrogen-bond acceptors (Lipinski definition) is 4. The van der Waals surface area contributed by atoms with Gasteiger partial charge in [-0.15, -0.1) is 0 Å². The van der Waals surface area contributed by atoms with Crippen molar-refractivity contribution in [1.82, 2.24) is 14.9 Å². The second-order valence-electron chi connectivity index (χ2n) is 5.98. The van der Waals surface area contributed by atoms with E-state index in [1.807, 2.05) is 13.0 Å². The van der Waals surface area contributed by atoms with Crippen LogP contribution < -0.4 is 4.90 Å². The summed E-state index contributed by atoms with van der Waals surface area (Å²) >= 11 is 0. The lowest BCUT2D eigenvalue weighted by molar-refractivity contribution is -0.137. The maximum absolute atomic E-state index is 12.6. The van der Waals surface area contributed by atoms with E-state index in [1.54, 1.807) is 18.5 Å². The summed E-state index contributed by atoms with van der Waals surface area (Å²) < 4.78 is 37.8. The summed E-state index contributed by atoms with van der Waals surface area (Å²) in [7, 11) is 0. The zero-order valence-corrected chi connectivity index (χ0v) is 13.4. The first-order valence-corrected chi connectivity index (χ1v) is 7.84. The van der Waals surface area contributed by atoms with Gasteiger partial charge in [-0.3, -0.25) is 4.90 Å². The van der Waals surface area contributed by atoms with E-state index in [0.29, 0.717) is 6.54 Å². The van der Waals surface area contributed by atoms with E-state index < -0.39 is 11.7 Å². The van der Waals surface area contributed by atoms with E-state index in [9.17, 15) is 13.2 Å². The van der Waals surface area contributed by atoms with Crippen molar-refractivity contribution >= 4 is 5.82 Å². The standard InChI is InChI=1S/C17H19F3N4/c1-13-10-16(22-12-21-13)24-8-6-23(7-9-24)11-14-2-4-15(5-3-14)17(18,19)20/h2-5,10,12H,6-9,11H2,1H3. The fraction of sp³-hybridized carbons (Fsp3) is 0.412. The molecule has 0 bridgehead atoms. The lowest BCUT2D eigenvalue weighted by Gasteiger charge is -2.35. The molecule has 1 aliphatic heterocycles. The lowest BCUT2D eigenvalue weighted by atomic mass is 10.1. The summed E-state index contributed by atoms with van der Waals surface area (Å²) in [5, 5.41) is 0. The Hall–Kier alpha value is -2.15. The molecule has 24 heavy (non-hydrogen) atoms. The number of aromatic nitrogens is 2. The maximum Gasteiger partial charge on any atom is 0.416 e. The van der Waals surface area contributed by atoms with E-state index in [-0.39, 0.29) is 0 Å². The number of benzene rings is 1. The molecule has 1 aromatic carbocycles. The number of alkyl halides is 3. The normalized spacial score (nSPS) is 16.4. The van der Waals surface area contributed by atoms with Crippen LogP contribution in [0.3, 0.4) is 0 Å². The fourth-order valence-electron chi connectivity index (χ4n) is 2.81. The van der Waals surface area contributed by atoms with Gasteiger partial charge in [0.2, 0.25) is 0 Å². The minimum atomic E-state index is -4.28. The Morgan fingerprint density at radius 3 is 2.25 bits per heavy atom. The number of nitrogens with zero attached hydrogens (tertiary/aromatic N) is 4. The molecule has 0 atom stereocenters. The highest BCUT2D eigenvalue weighted by Gasteiger charge is 2.30. The topological polar surface area (TPSA) is 32.3 Å². The monoisotopic (exact) mass is 336 g/mol. The minimum absolute atomic E-state index is 0.602. The van der Waals surface area contributed by atoms with Crippen LogP contribution in [0.1, 0.15) is 16.8 Å². The third kappa shape index (κ3) is 4.03. The van der Waals surface area contributed by atoms with Crippen molar-refractivity contribution in [3.8, 4) is 0 Å². The van der Waals surface area contributed by atoms with E-state index in [2.05, 4.69) is 19.8 Å². The quantitative estimate of drug-likeness (QED) is 0.862. The van der Waals surface area contributed by atoms with Gasteiger partial charge in [0.15, 0.2) is 0 Å². The van der Waals surface area contributed by atoms with Gasteiger partial charge in [0.05, 0.1) is 5.56 Å². The number of rotatable bonds is 3. The fourth-order valence-corrected chi connectivity index (χ4v) is 2.81. The van der Waals surface area contributed by atoms with Crippen LogP contribution in [-0.4, -0.2) is 41.0 Å². The number of halogens is 3. The number of hydrogen-bond donors (Lipinski definition) is 0. The first-order valence-electron chi connectivity index (χ1n) is 7.84. The van der Waals surface area contributed by atoms with E-state index in [1.165, 1.54) is 0 Å². The second-order valence-corrected chi connectivity index (χ2v) is 5.98. The average molecular weight is 336 g/mol. The highest BCUT2D eigenvalue weighted by Crippen LogP contribution is 2.29. The summed E-state index contributed by atoms with van der Waals surface area (Å²) in [6.07, 6.45) is -2.71. The zero-order valence-electron chi connectivity index (χ0n) is 13.4. The van der Waals surface area contributed by atoms with Crippen molar-refractivity contribution in [3.05, 3.63) is 53.5 Å². The van der Waals surface area contributed by atoms with Crippen molar-refractivity contribution in [2.45, 2.75) is 19.6 Å². The van der Waals surface area contributed by atoms with Crippen molar-refractivity contribution in [2.24, 2.45) is 0 Å². The van der Waals surface area contributed by atoms with Crippen LogP contribution in [0, 0.1) is 6.92 Å². The Bertz CT molecular complexity index is 677. The number of piperazine rings is 1. The highest BCUT2D eigenvalue weighted by atomic mass is 19.4. The highest BCUT2D eigenvalue weighted by molar-refractivity contribution is 5.39. The molecule has 1 fully saturated rings. The van der Waals surface area contributed by atoms with Crippen LogP contribution in [0.2, 0.25) is 0 Å². The zero-order chi connectivity index (χ0) is 17.2. The molecule has 0 unspecified atom stereocenters. The molecule has 0 aliphatic carbocycles. The molecule has 1 saturated heterocycles. The first-order chi connectivity index (χ1) is 11.4. The molecule has 4 nitrogen and oxygen atoms in total. The molecule has 7 heteroatoms. The molecule has 0 saturated carbocycles. The molecule has 2 aromatic rings. The summed E-state index contributed by atoms with van der Waals surface area (Å²) in [6.45, 7) is 5.99. The molecule has 1 aromatic heterocycles. The van der Waals surface area contributed by atoms with Gasteiger partial charge in [-0.05, 0) is 24.6 Å². The third-order valence-electron chi connectivity index (χ3n) is 4.17. The molecule has 3 rings (SSSR count). The Morgan fingerprint density at radius 1 is 1.00 bits per heavy atom. The van der Waals surface area contributed by atoms with Crippen LogP contribution in [0.4, 0.5) is 19.0 Å². The molecule has 0 spiro atoms. The van der Waals surface area contributed by atoms with Crippen molar-refractivity contribution < 1.29 is 13.2 Å². The predicted octanol–water partition coefficient (Wildman–Crippen LogP) is 3.13. The summed E-state index contributed by atoms with van der Waals surface area (Å²) in [5.41, 5.74) is 1.23. The summed E-state index contributed by atoms with van der Waals surface area (Å²) in [6, 6.07) is 7.38. The molecule has 0 amide bonds. The summed E-state index contributed by atoms with van der Waals surface area (Å²) in [5.74, 6) is 0.927.